The van der Waals surface area contributed by atoms with E-state index in [1.165, 1.54) is 0 Å². The van der Waals surface area contributed by atoms with E-state index in [9.17, 15) is 4.55 Å². The number of hydrogen-bond acceptors (Lipinski definition) is 5. The molecule has 0 atom stereocenters. The quantitative estimate of drug-likeness (QED) is 0.471. The summed E-state index contributed by atoms with van der Waals surface area (Å²) in [6.45, 7) is 3.08. The highest BCUT2D eigenvalue weighted by molar-refractivity contribution is 8.23. The smallest absolute Gasteiger partial charge is 0.0713 e. The molecule has 5 nitrogen and oxygen atoms in total. The molecule has 0 aliphatic heterocycles. The van der Waals surface area contributed by atoms with Crippen LogP contribution in [0.2, 0.25) is 0 Å². The van der Waals surface area contributed by atoms with E-state index in [1.54, 1.807) is 12.5 Å². The lowest BCUT2D eigenvalue weighted by Gasteiger charge is -2.28. The molecule has 112 valence electrons. The minimum Gasteiger partial charge on any atom is -0.395 e. The number of aliphatic hydroxyl groups excluding tert-OH is 2. The van der Waals surface area contributed by atoms with Crippen LogP contribution in [0.3, 0.4) is 0 Å². The van der Waals surface area contributed by atoms with E-state index in [-0.39, 0.29) is 13.2 Å². The molecule has 0 rings (SSSR count). The highest BCUT2D eigenvalue weighted by Gasteiger charge is 2.03. The van der Waals surface area contributed by atoms with Gasteiger partial charge >= 0.3 is 0 Å². The molecule has 6 heteroatoms. The Morgan fingerprint density at radius 1 is 0.889 bits per heavy atom. The summed E-state index contributed by atoms with van der Waals surface area (Å²) in [6, 6.07) is 0. The van der Waals surface area contributed by atoms with Gasteiger partial charge in [-0.15, -0.1) is 0 Å². The summed E-state index contributed by atoms with van der Waals surface area (Å²) in [5.74, 6) is 0. The van der Waals surface area contributed by atoms with Crippen molar-refractivity contribution in [1.29, 1.82) is 0 Å². The summed E-state index contributed by atoms with van der Waals surface area (Å²) in [7, 11) is -1.81. The number of rotatable bonds is 12. The van der Waals surface area contributed by atoms with E-state index < -0.39 is 10.6 Å². The van der Waals surface area contributed by atoms with Gasteiger partial charge in [-0.3, -0.25) is 13.6 Å². The van der Waals surface area contributed by atoms with Gasteiger partial charge in [-0.05, 0) is 19.4 Å². The van der Waals surface area contributed by atoms with Gasteiger partial charge < -0.3 is 10.2 Å². The Bertz CT molecular complexity index is 181. The number of nitrogens with zero attached hydrogens (tertiary/aromatic N) is 1. The first kappa shape index (κ1) is 18.1. The molecule has 0 aromatic carbocycles. The van der Waals surface area contributed by atoms with Gasteiger partial charge in [0.05, 0.1) is 19.8 Å². The van der Waals surface area contributed by atoms with Crippen LogP contribution >= 0.6 is 10.6 Å². The van der Waals surface area contributed by atoms with Crippen molar-refractivity contribution in [2.45, 2.75) is 25.7 Å². The van der Waals surface area contributed by atoms with Crippen molar-refractivity contribution >= 4 is 10.6 Å². The van der Waals surface area contributed by atoms with Crippen LogP contribution in [-0.4, -0.2) is 71.6 Å². The SMILES string of the molecule is CS(C)(O)OCCCCCCN(CCO)CCO. The van der Waals surface area contributed by atoms with Gasteiger partial charge in [-0.25, -0.2) is 0 Å². The van der Waals surface area contributed by atoms with Crippen LogP contribution in [0, 0.1) is 0 Å². The summed E-state index contributed by atoms with van der Waals surface area (Å²) in [5.41, 5.74) is 0. The molecule has 0 saturated heterocycles. The van der Waals surface area contributed by atoms with Crippen LogP contribution in [0.25, 0.3) is 0 Å². The van der Waals surface area contributed by atoms with Crippen molar-refractivity contribution in [1.82, 2.24) is 4.90 Å². The minimum atomic E-state index is -1.81. The molecule has 0 heterocycles. The van der Waals surface area contributed by atoms with E-state index in [1.807, 2.05) is 0 Å². The predicted octanol–water partition coefficient (Wildman–Crippen LogP) is 1.30. The van der Waals surface area contributed by atoms with Gasteiger partial charge in [0.1, 0.15) is 0 Å². The first-order valence-electron chi connectivity index (χ1n) is 6.54. The van der Waals surface area contributed by atoms with E-state index in [0.29, 0.717) is 19.7 Å². The van der Waals surface area contributed by atoms with Gasteiger partial charge in [0.2, 0.25) is 0 Å². The second-order valence-electron chi connectivity index (χ2n) is 4.71. The zero-order valence-corrected chi connectivity index (χ0v) is 12.5. The fourth-order valence-corrected chi connectivity index (χ4v) is 2.20. The molecule has 0 fully saturated rings. The fourth-order valence-electron chi connectivity index (χ4n) is 1.67. The third kappa shape index (κ3) is 12.6. The highest BCUT2D eigenvalue weighted by atomic mass is 32.3. The maximum absolute atomic E-state index is 9.42. The van der Waals surface area contributed by atoms with Gasteiger partial charge in [-0.1, -0.05) is 12.8 Å². The van der Waals surface area contributed by atoms with Crippen molar-refractivity contribution in [3.05, 3.63) is 0 Å². The molecular weight excluding hydrogens is 254 g/mol. The Balaban J connectivity index is 3.37. The number of hydrogen-bond donors (Lipinski definition) is 3. The molecule has 0 aromatic rings. The largest absolute Gasteiger partial charge is 0.395 e. The minimum absolute atomic E-state index is 0.141. The Kier molecular flexibility index (Phi) is 11.1. The normalized spacial score (nSPS) is 13.2. The molecule has 3 N–H and O–H groups in total. The van der Waals surface area contributed by atoms with Crippen LogP contribution in [0.5, 0.6) is 0 Å². The lowest BCUT2D eigenvalue weighted by Crippen LogP contribution is -2.30. The Morgan fingerprint density at radius 3 is 1.94 bits per heavy atom. The van der Waals surface area contributed by atoms with Gasteiger partial charge in [-0.2, -0.15) is 10.6 Å². The average Bonchev–Trinajstić information content (AvgIpc) is 2.26. The van der Waals surface area contributed by atoms with Crippen molar-refractivity contribution in [3.63, 3.8) is 0 Å². The van der Waals surface area contributed by atoms with Gasteiger partial charge in [0, 0.05) is 25.6 Å². The van der Waals surface area contributed by atoms with Crippen LogP contribution in [0.1, 0.15) is 25.7 Å². The summed E-state index contributed by atoms with van der Waals surface area (Å²) in [6.07, 6.45) is 7.66. The lowest BCUT2D eigenvalue weighted by atomic mass is 10.2. The standard InChI is InChI=1S/C12H29NO4S/c1-18(2,16)17-12-6-4-3-5-7-13(8-10-14)9-11-15/h14-16H,3-12H2,1-2H3. The number of unbranched alkanes of at least 4 members (excludes halogenated alkanes) is 3. The molecule has 0 aromatic heterocycles. The van der Waals surface area contributed by atoms with E-state index in [0.717, 1.165) is 32.2 Å². The Hall–Kier alpha value is 0.150. The maximum atomic E-state index is 9.42. The summed E-state index contributed by atoms with van der Waals surface area (Å²) < 4.78 is 14.7. The maximum Gasteiger partial charge on any atom is 0.0713 e. The lowest BCUT2D eigenvalue weighted by molar-refractivity contribution is 0.159. The number of aliphatic hydroxyl groups is 2. The molecule has 0 aliphatic carbocycles. The van der Waals surface area contributed by atoms with Crippen molar-refractivity contribution in [3.8, 4) is 0 Å². The zero-order chi connectivity index (χ0) is 13.9. The third-order valence-electron chi connectivity index (χ3n) is 2.57. The van der Waals surface area contributed by atoms with E-state index in [2.05, 4.69) is 4.90 Å². The summed E-state index contributed by atoms with van der Waals surface area (Å²) >= 11 is 0. The average molecular weight is 283 g/mol. The molecule has 0 amide bonds. The molecule has 0 spiro atoms. The second-order valence-corrected chi connectivity index (χ2v) is 7.30. The van der Waals surface area contributed by atoms with Gasteiger partial charge in [0.15, 0.2) is 0 Å². The summed E-state index contributed by atoms with van der Waals surface area (Å²) in [4.78, 5) is 2.07. The topological polar surface area (TPSA) is 73.2 Å². The molecule has 0 saturated carbocycles. The Morgan fingerprint density at radius 2 is 1.44 bits per heavy atom. The van der Waals surface area contributed by atoms with Crippen LogP contribution in [0.15, 0.2) is 0 Å². The molecule has 0 radical (unpaired) electrons. The second kappa shape index (κ2) is 11.0. The van der Waals surface area contributed by atoms with Crippen LogP contribution in [0.4, 0.5) is 0 Å². The highest BCUT2D eigenvalue weighted by Crippen LogP contribution is 2.35. The Labute approximate surface area is 112 Å². The van der Waals surface area contributed by atoms with E-state index >= 15 is 0 Å². The zero-order valence-electron chi connectivity index (χ0n) is 11.7. The fraction of sp³-hybridized carbons (Fsp3) is 1.00. The van der Waals surface area contributed by atoms with Crippen molar-refractivity contribution in [2.24, 2.45) is 0 Å². The van der Waals surface area contributed by atoms with Crippen LogP contribution < -0.4 is 0 Å². The molecular formula is C12H29NO4S. The molecule has 0 unspecified atom stereocenters. The first-order valence-corrected chi connectivity index (χ1v) is 8.87. The first-order chi connectivity index (χ1) is 8.49. The molecule has 0 bridgehead atoms. The van der Waals surface area contributed by atoms with Crippen molar-refractivity contribution < 1.29 is 18.9 Å². The van der Waals surface area contributed by atoms with E-state index in [4.69, 9.17) is 14.4 Å². The van der Waals surface area contributed by atoms with Gasteiger partial charge in [0.25, 0.3) is 0 Å². The molecule has 0 aliphatic rings. The third-order valence-corrected chi connectivity index (χ3v) is 3.32. The monoisotopic (exact) mass is 283 g/mol. The predicted molar refractivity (Wildman–Crippen MR) is 77.1 cm³/mol. The molecule has 18 heavy (non-hydrogen) atoms. The van der Waals surface area contributed by atoms with Crippen LogP contribution in [-0.2, 0) is 4.18 Å². The summed E-state index contributed by atoms with van der Waals surface area (Å²) in [5, 5.41) is 17.7. The van der Waals surface area contributed by atoms with Crippen molar-refractivity contribution in [2.75, 3.05) is 52.0 Å².